The fourth-order valence-corrected chi connectivity index (χ4v) is 11.1. The van der Waals surface area contributed by atoms with E-state index in [1.54, 1.807) is 21.3 Å². The van der Waals surface area contributed by atoms with Gasteiger partial charge in [-0.15, -0.1) is 0 Å². The Morgan fingerprint density at radius 1 is 0.689 bits per heavy atom. The second-order valence-electron chi connectivity index (χ2n) is 19.4. The molecule has 0 spiro atoms. The van der Waals surface area contributed by atoms with Gasteiger partial charge in [0.05, 0.1) is 64.1 Å². The van der Waals surface area contributed by atoms with E-state index in [1.165, 1.54) is 76.7 Å². The molecule has 11 nitrogen and oxygen atoms in total. The molecule has 5 fully saturated rings. The number of hydrogen-bond donors (Lipinski definition) is 0. The molecule has 0 radical (unpaired) electrons. The first-order chi connectivity index (χ1) is 29.7. The lowest BCUT2D eigenvalue weighted by atomic mass is 9.80. The number of fused-ring (bicyclic) bond motifs is 3. The molecule has 2 aliphatic heterocycles. The molecule has 358 valence electrons. The number of epoxide rings is 2. The van der Waals surface area contributed by atoms with Crippen LogP contribution in [-0.2, 0) is 51.5 Å². The third-order valence-corrected chi connectivity index (χ3v) is 17.7. The van der Waals surface area contributed by atoms with E-state index < -0.39 is 8.32 Å². The molecular weight excluding hydrogens is 809 g/mol. The van der Waals surface area contributed by atoms with E-state index in [1.807, 2.05) is 7.11 Å². The van der Waals surface area contributed by atoms with Gasteiger partial charge in [0, 0.05) is 48.3 Å². The van der Waals surface area contributed by atoms with Gasteiger partial charge >= 0.3 is 0 Å². The largest absolute Gasteiger partial charge is 0.427 e. The van der Waals surface area contributed by atoms with Crippen molar-refractivity contribution in [2.45, 2.75) is 184 Å². The zero-order chi connectivity index (χ0) is 43.5. The van der Waals surface area contributed by atoms with Crippen LogP contribution in [0.2, 0.25) is 25.2 Å². The fourth-order valence-electron chi connectivity index (χ4n) is 9.30. The zero-order valence-electron chi connectivity index (χ0n) is 40.0. The summed E-state index contributed by atoms with van der Waals surface area (Å²) in [7, 11) is 5.45. The van der Waals surface area contributed by atoms with Crippen LogP contribution in [0.15, 0.2) is 12.2 Å². The molecule has 4 aliphatic carbocycles. The molecule has 0 aromatic heterocycles. The summed E-state index contributed by atoms with van der Waals surface area (Å²) in [5.41, 5.74) is 0. The fraction of sp³-hybridized carbons (Fsp3) is 0.958. The smallest absolute Gasteiger partial charge is 0.186 e. The Kier molecular flexibility index (Phi) is 27.6. The van der Waals surface area contributed by atoms with Crippen LogP contribution in [0.1, 0.15) is 116 Å². The Hall–Kier alpha value is -0.266. The first-order valence-electron chi connectivity index (χ1n) is 24.8. The van der Waals surface area contributed by atoms with Gasteiger partial charge in [0.25, 0.3) is 0 Å². The van der Waals surface area contributed by atoms with Gasteiger partial charge in [-0.05, 0) is 132 Å². The summed E-state index contributed by atoms with van der Waals surface area (Å²) in [5, 5.41) is 0. The Balaban J connectivity index is 0.000000533. The Bertz CT molecular complexity index is 1100. The van der Waals surface area contributed by atoms with Gasteiger partial charge in [0.15, 0.2) is 18.1 Å². The van der Waals surface area contributed by atoms with Crippen LogP contribution in [0.5, 0.6) is 0 Å². The standard InChI is InChI=1S/C37H70O10Si.C7H10.C4H12OSi/c1-38-23-33(26-43-19-10-20-48(4,5)40-3)46-36-21-29(11-9-12-30-14-16-35-37(22-30)47-35)13-15-34(36)45-27-31(39-2)24-41-17-7-6-8-18-42-25-32-28-44-32;1-2-7-4-3-6(1)5-7;1-3-4-6-5-2/h29-37H,6-28H2,1-5H3;1-2,6-7H,3-5H2;3-4,6H2,1-2H3. The number of rotatable bonds is 32. The van der Waals surface area contributed by atoms with E-state index in [9.17, 15) is 0 Å². The van der Waals surface area contributed by atoms with Crippen LogP contribution >= 0.6 is 0 Å². The van der Waals surface area contributed by atoms with Gasteiger partial charge in [-0.3, -0.25) is 0 Å². The quantitative estimate of drug-likeness (QED) is 0.0280. The molecule has 6 rings (SSSR count). The molecule has 3 saturated carbocycles. The lowest BCUT2D eigenvalue weighted by Crippen LogP contribution is -2.43. The SMILES string of the molecule is C1=CC2CCC1C2.CCC[SiH2]OC.COCC(COCCC[Si](C)(C)OC)OC1CC(CCCC2CCC3OC3C2)CCC1OCC(COCCCCCOCC1CO1)OC. The molecule has 11 unspecified atom stereocenters. The van der Waals surface area contributed by atoms with E-state index in [4.69, 9.17) is 51.5 Å². The summed E-state index contributed by atoms with van der Waals surface area (Å²) in [6.07, 6.45) is 26.9. The topological polar surface area (TPSA) is 108 Å². The summed E-state index contributed by atoms with van der Waals surface area (Å²) < 4.78 is 64.0. The molecular formula is C48H92O11Si2. The van der Waals surface area contributed by atoms with Gasteiger partial charge < -0.3 is 51.5 Å². The van der Waals surface area contributed by atoms with Gasteiger partial charge in [-0.2, -0.15) is 0 Å². The van der Waals surface area contributed by atoms with Gasteiger partial charge in [0.2, 0.25) is 0 Å². The molecule has 13 heteroatoms. The monoisotopic (exact) mass is 901 g/mol. The summed E-state index contributed by atoms with van der Waals surface area (Å²) in [4.78, 5) is 0. The van der Waals surface area contributed by atoms with Crippen molar-refractivity contribution in [3.05, 3.63) is 12.2 Å². The van der Waals surface area contributed by atoms with E-state index in [-0.39, 0.29) is 34.2 Å². The zero-order valence-corrected chi connectivity index (χ0v) is 42.4. The predicted molar refractivity (Wildman–Crippen MR) is 249 cm³/mol. The lowest BCUT2D eigenvalue weighted by Gasteiger charge is -2.38. The van der Waals surface area contributed by atoms with E-state index in [2.05, 4.69) is 32.2 Å². The normalized spacial score (nSPS) is 29.8. The first-order valence-corrected chi connectivity index (χ1v) is 29.5. The molecule has 0 aromatic carbocycles. The van der Waals surface area contributed by atoms with Crippen molar-refractivity contribution in [3.63, 3.8) is 0 Å². The summed E-state index contributed by atoms with van der Waals surface area (Å²) in [6, 6.07) is 2.42. The number of hydrogen-bond acceptors (Lipinski definition) is 11. The third kappa shape index (κ3) is 23.7. The minimum Gasteiger partial charge on any atom is -0.427 e. The van der Waals surface area contributed by atoms with Gasteiger partial charge in [-0.1, -0.05) is 44.8 Å². The molecule has 61 heavy (non-hydrogen) atoms. The maximum absolute atomic E-state index is 6.80. The van der Waals surface area contributed by atoms with E-state index in [0.29, 0.717) is 57.3 Å². The minimum absolute atomic E-state index is 0.00903. The predicted octanol–water partition coefficient (Wildman–Crippen LogP) is 8.70. The molecule has 0 N–H and O–H groups in total. The van der Waals surface area contributed by atoms with Crippen molar-refractivity contribution in [1.29, 1.82) is 0 Å². The molecule has 0 amide bonds. The van der Waals surface area contributed by atoms with Crippen LogP contribution in [0, 0.1) is 23.7 Å². The van der Waals surface area contributed by atoms with Crippen LogP contribution in [-0.4, -0.2) is 149 Å². The number of allylic oxidation sites excluding steroid dienone is 2. The number of unbranched alkanes of at least 4 members (excludes halogenated alkanes) is 2. The summed E-state index contributed by atoms with van der Waals surface area (Å²) in [6.45, 7) is 12.6. The second-order valence-corrected chi connectivity index (χ2v) is 25.5. The summed E-state index contributed by atoms with van der Waals surface area (Å²) in [5.74, 6) is 3.48. The van der Waals surface area contributed by atoms with Crippen molar-refractivity contribution < 1.29 is 51.5 Å². The highest BCUT2D eigenvalue weighted by atomic mass is 28.4. The molecule has 2 heterocycles. The highest BCUT2D eigenvalue weighted by molar-refractivity contribution is 6.71. The number of ether oxygens (including phenoxy) is 9. The van der Waals surface area contributed by atoms with Crippen molar-refractivity contribution in [1.82, 2.24) is 0 Å². The Morgan fingerprint density at radius 2 is 1.38 bits per heavy atom. The third-order valence-electron chi connectivity index (χ3n) is 13.6. The maximum Gasteiger partial charge on any atom is 0.186 e. The van der Waals surface area contributed by atoms with E-state index >= 15 is 0 Å². The van der Waals surface area contributed by atoms with Crippen molar-refractivity contribution in [2.24, 2.45) is 23.7 Å². The molecule has 6 aliphatic rings. The Labute approximate surface area is 376 Å². The van der Waals surface area contributed by atoms with Crippen molar-refractivity contribution >= 4 is 18.1 Å². The lowest BCUT2D eigenvalue weighted by molar-refractivity contribution is -0.164. The highest BCUT2D eigenvalue weighted by Gasteiger charge is 2.43. The van der Waals surface area contributed by atoms with Gasteiger partial charge in [-0.25, -0.2) is 0 Å². The van der Waals surface area contributed by atoms with Crippen LogP contribution in [0.25, 0.3) is 0 Å². The van der Waals surface area contributed by atoms with Gasteiger partial charge in [0.1, 0.15) is 18.3 Å². The maximum atomic E-state index is 6.80. The highest BCUT2D eigenvalue weighted by Crippen LogP contribution is 2.42. The van der Waals surface area contributed by atoms with Crippen molar-refractivity contribution in [3.8, 4) is 0 Å². The Morgan fingerprint density at radius 3 is 1.97 bits per heavy atom. The molecule has 2 saturated heterocycles. The average molecular weight is 901 g/mol. The first kappa shape index (κ1) is 53.3. The second kappa shape index (κ2) is 31.6. The average Bonchev–Trinajstić information content (AvgIpc) is 4.17. The number of methoxy groups -OCH3 is 2. The minimum atomic E-state index is -1.57. The van der Waals surface area contributed by atoms with E-state index in [0.717, 1.165) is 88.8 Å². The molecule has 2 bridgehead atoms. The molecule has 0 aromatic rings. The van der Waals surface area contributed by atoms with Crippen LogP contribution < -0.4 is 0 Å². The summed E-state index contributed by atoms with van der Waals surface area (Å²) >= 11 is 0. The van der Waals surface area contributed by atoms with Crippen LogP contribution in [0.4, 0.5) is 0 Å². The van der Waals surface area contributed by atoms with Crippen LogP contribution in [0.3, 0.4) is 0 Å². The molecule has 11 atom stereocenters. The van der Waals surface area contributed by atoms with Crippen molar-refractivity contribution in [2.75, 3.05) is 87.9 Å².